The molecule has 0 aromatic heterocycles. The standard InChI is InChI=1S/C10H18N2O2/c1-2-11-5-10(13)12-6-8-3-4-9(7-12)14-8/h8-9,11H,2-7H2,1H3. The maximum atomic E-state index is 11.7. The van der Waals surface area contributed by atoms with Crippen molar-refractivity contribution >= 4 is 5.91 Å². The van der Waals surface area contributed by atoms with Crippen molar-refractivity contribution in [2.24, 2.45) is 0 Å². The van der Waals surface area contributed by atoms with E-state index in [1.165, 1.54) is 0 Å². The van der Waals surface area contributed by atoms with E-state index in [0.717, 1.165) is 32.5 Å². The third kappa shape index (κ3) is 2.07. The summed E-state index contributed by atoms with van der Waals surface area (Å²) in [5, 5.41) is 3.06. The van der Waals surface area contributed by atoms with E-state index in [1.54, 1.807) is 0 Å². The number of carbonyl (C=O) groups is 1. The molecule has 2 aliphatic rings. The molecular formula is C10H18N2O2. The number of nitrogens with one attached hydrogen (secondary N) is 1. The fourth-order valence-electron chi connectivity index (χ4n) is 2.16. The average Bonchev–Trinajstić information content (AvgIpc) is 2.54. The molecule has 2 saturated heterocycles. The van der Waals surface area contributed by atoms with Crippen LogP contribution in [0.4, 0.5) is 0 Å². The van der Waals surface area contributed by atoms with Gasteiger partial charge in [0, 0.05) is 13.1 Å². The van der Waals surface area contributed by atoms with Gasteiger partial charge in [-0.05, 0) is 19.4 Å². The summed E-state index contributed by atoms with van der Waals surface area (Å²) in [4.78, 5) is 13.6. The van der Waals surface area contributed by atoms with Crippen molar-refractivity contribution in [3.8, 4) is 0 Å². The lowest BCUT2D eigenvalue weighted by atomic mass is 10.2. The Hall–Kier alpha value is -0.610. The number of amides is 1. The second-order valence-electron chi connectivity index (χ2n) is 4.04. The number of fused-ring (bicyclic) bond motifs is 2. The number of carbonyl (C=O) groups excluding carboxylic acids is 1. The van der Waals surface area contributed by atoms with Crippen molar-refractivity contribution in [2.45, 2.75) is 32.0 Å². The second kappa shape index (κ2) is 4.28. The van der Waals surface area contributed by atoms with Crippen molar-refractivity contribution in [3.63, 3.8) is 0 Å². The molecule has 0 spiro atoms. The van der Waals surface area contributed by atoms with Gasteiger partial charge in [0.15, 0.2) is 0 Å². The molecule has 0 aromatic rings. The summed E-state index contributed by atoms with van der Waals surface area (Å²) in [5.74, 6) is 0.215. The molecular weight excluding hydrogens is 180 g/mol. The van der Waals surface area contributed by atoms with Gasteiger partial charge in [0.05, 0.1) is 18.8 Å². The smallest absolute Gasteiger partial charge is 0.236 e. The van der Waals surface area contributed by atoms with Crippen LogP contribution in [-0.4, -0.2) is 49.2 Å². The summed E-state index contributed by atoms with van der Waals surface area (Å²) in [6.07, 6.45) is 2.85. The Bertz CT molecular complexity index is 208. The van der Waals surface area contributed by atoms with E-state index in [2.05, 4.69) is 5.32 Å². The minimum absolute atomic E-state index is 0.215. The molecule has 80 valence electrons. The van der Waals surface area contributed by atoms with Gasteiger partial charge >= 0.3 is 0 Å². The van der Waals surface area contributed by atoms with E-state index >= 15 is 0 Å². The van der Waals surface area contributed by atoms with Crippen LogP contribution in [0, 0.1) is 0 Å². The van der Waals surface area contributed by atoms with Crippen molar-refractivity contribution in [1.82, 2.24) is 10.2 Å². The summed E-state index contributed by atoms with van der Waals surface area (Å²) >= 11 is 0. The molecule has 2 unspecified atom stereocenters. The van der Waals surface area contributed by atoms with Crippen molar-refractivity contribution in [1.29, 1.82) is 0 Å². The molecule has 2 rings (SSSR count). The number of hydrogen-bond acceptors (Lipinski definition) is 3. The Morgan fingerprint density at radius 1 is 1.43 bits per heavy atom. The van der Waals surface area contributed by atoms with Gasteiger partial charge in [-0.25, -0.2) is 0 Å². The Morgan fingerprint density at radius 2 is 2.07 bits per heavy atom. The van der Waals surface area contributed by atoms with E-state index in [-0.39, 0.29) is 5.91 Å². The fourth-order valence-corrected chi connectivity index (χ4v) is 2.16. The summed E-state index contributed by atoms with van der Waals surface area (Å²) in [7, 11) is 0. The Balaban J connectivity index is 1.83. The highest BCUT2D eigenvalue weighted by Gasteiger charge is 2.35. The summed E-state index contributed by atoms with van der Waals surface area (Å²) in [6, 6.07) is 0. The quantitative estimate of drug-likeness (QED) is 0.693. The Labute approximate surface area is 84.6 Å². The highest BCUT2D eigenvalue weighted by molar-refractivity contribution is 5.78. The van der Waals surface area contributed by atoms with Gasteiger partial charge in [0.25, 0.3) is 0 Å². The van der Waals surface area contributed by atoms with Gasteiger partial charge < -0.3 is 15.0 Å². The van der Waals surface area contributed by atoms with E-state index in [9.17, 15) is 4.79 Å². The topological polar surface area (TPSA) is 41.6 Å². The number of likely N-dealkylation sites (tertiary alicyclic amines) is 1. The molecule has 4 heteroatoms. The second-order valence-corrected chi connectivity index (χ2v) is 4.04. The first-order valence-corrected chi connectivity index (χ1v) is 5.43. The van der Waals surface area contributed by atoms with Gasteiger partial charge in [-0.1, -0.05) is 6.92 Å². The van der Waals surface area contributed by atoms with E-state index in [0.29, 0.717) is 18.8 Å². The van der Waals surface area contributed by atoms with Crippen LogP contribution < -0.4 is 5.32 Å². The Morgan fingerprint density at radius 3 is 2.64 bits per heavy atom. The number of likely N-dealkylation sites (N-methyl/N-ethyl adjacent to an activating group) is 1. The summed E-state index contributed by atoms with van der Waals surface area (Å²) < 4.78 is 5.67. The number of morpholine rings is 1. The molecule has 14 heavy (non-hydrogen) atoms. The van der Waals surface area contributed by atoms with Gasteiger partial charge in [-0.2, -0.15) is 0 Å². The normalized spacial score (nSPS) is 30.8. The van der Waals surface area contributed by atoms with E-state index in [1.807, 2.05) is 11.8 Å². The van der Waals surface area contributed by atoms with Crippen LogP contribution in [0.25, 0.3) is 0 Å². The van der Waals surface area contributed by atoms with Gasteiger partial charge in [0.2, 0.25) is 5.91 Å². The lowest BCUT2D eigenvalue weighted by Gasteiger charge is -2.32. The van der Waals surface area contributed by atoms with Gasteiger partial charge in [0.1, 0.15) is 0 Å². The molecule has 1 N–H and O–H groups in total. The largest absolute Gasteiger partial charge is 0.371 e. The number of ether oxygens (including phenoxy) is 1. The van der Waals surface area contributed by atoms with Crippen LogP contribution in [0.3, 0.4) is 0 Å². The zero-order valence-corrected chi connectivity index (χ0v) is 8.66. The highest BCUT2D eigenvalue weighted by Crippen LogP contribution is 2.25. The zero-order chi connectivity index (χ0) is 9.97. The first kappa shape index (κ1) is 9.93. The predicted molar refractivity (Wildman–Crippen MR) is 53.0 cm³/mol. The lowest BCUT2D eigenvalue weighted by Crippen LogP contribution is -2.48. The van der Waals surface area contributed by atoms with Crippen LogP contribution in [0.15, 0.2) is 0 Å². The van der Waals surface area contributed by atoms with Crippen LogP contribution in [0.2, 0.25) is 0 Å². The molecule has 0 saturated carbocycles. The Kier molecular flexibility index (Phi) is 3.03. The highest BCUT2D eigenvalue weighted by atomic mass is 16.5. The van der Waals surface area contributed by atoms with Gasteiger partial charge in [-0.3, -0.25) is 4.79 Å². The SMILES string of the molecule is CCNCC(=O)N1CC2CCC(C1)O2. The molecule has 1 amide bonds. The number of rotatable bonds is 3. The molecule has 0 radical (unpaired) electrons. The maximum absolute atomic E-state index is 11.7. The van der Waals surface area contributed by atoms with E-state index in [4.69, 9.17) is 4.74 Å². The van der Waals surface area contributed by atoms with Crippen LogP contribution >= 0.6 is 0 Å². The van der Waals surface area contributed by atoms with Crippen molar-refractivity contribution in [3.05, 3.63) is 0 Å². The first-order chi connectivity index (χ1) is 6.79. The maximum Gasteiger partial charge on any atom is 0.236 e. The average molecular weight is 198 g/mol. The summed E-state index contributed by atoms with van der Waals surface area (Å²) in [6.45, 7) is 4.91. The third-order valence-corrected chi connectivity index (χ3v) is 2.92. The molecule has 2 aliphatic heterocycles. The van der Waals surface area contributed by atoms with Gasteiger partial charge in [-0.15, -0.1) is 0 Å². The molecule has 0 aromatic carbocycles. The third-order valence-electron chi connectivity index (χ3n) is 2.92. The van der Waals surface area contributed by atoms with Crippen LogP contribution in [0.1, 0.15) is 19.8 Å². The zero-order valence-electron chi connectivity index (χ0n) is 8.66. The van der Waals surface area contributed by atoms with Crippen molar-refractivity contribution in [2.75, 3.05) is 26.2 Å². The van der Waals surface area contributed by atoms with E-state index < -0.39 is 0 Å². The molecule has 2 bridgehead atoms. The first-order valence-electron chi connectivity index (χ1n) is 5.43. The molecule has 2 heterocycles. The van der Waals surface area contributed by atoms with Crippen LogP contribution in [-0.2, 0) is 9.53 Å². The minimum atomic E-state index is 0.215. The molecule has 2 fully saturated rings. The lowest BCUT2D eigenvalue weighted by molar-refractivity contribution is -0.138. The van der Waals surface area contributed by atoms with Crippen LogP contribution in [0.5, 0.6) is 0 Å². The molecule has 4 nitrogen and oxygen atoms in total. The molecule has 2 atom stereocenters. The predicted octanol–water partition coefficient (Wildman–Crippen LogP) is -0.0143. The monoisotopic (exact) mass is 198 g/mol. The molecule has 0 aliphatic carbocycles. The fraction of sp³-hybridized carbons (Fsp3) is 0.900. The summed E-state index contributed by atoms with van der Waals surface area (Å²) in [5.41, 5.74) is 0. The number of hydrogen-bond donors (Lipinski definition) is 1. The minimum Gasteiger partial charge on any atom is -0.371 e. The number of nitrogens with zero attached hydrogens (tertiary/aromatic N) is 1. The van der Waals surface area contributed by atoms with Crippen molar-refractivity contribution < 1.29 is 9.53 Å².